The standard InChI is InChI=1S/C28H46N2O4Si2/c1-20-18-30(26(31)29-25(20)21-15-13-12-14-16-21)24-17-22(34-36(10,11)28(5,6)7)23(33-24)19-32-35(8,9)27(2,3)4/h12-16,18,22-24H,17,19H2,1-11H3/t22-,23+,24+/m0/s1. The number of ether oxygens (including phenoxy) is 1. The van der Waals surface area contributed by atoms with Gasteiger partial charge in [-0.1, -0.05) is 71.9 Å². The molecule has 3 atom stereocenters. The molecule has 1 aliphatic rings. The van der Waals surface area contributed by atoms with Crippen LogP contribution in [-0.2, 0) is 13.6 Å². The molecule has 1 fully saturated rings. The topological polar surface area (TPSA) is 62.6 Å². The zero-order chi connectivity index (χ0) is 27.1. The molecule has 0 bridgehead atoms. The minimum atomic E-state index is -2.06. The Morgan fingerprint density at radius 1 is 1.00 bits per heavy atom. The molecule has 0 unspecified atom stereocenters. The van der Waals surface area contributed by atoms with Crippen molar-refractivity contribution in [3.05, 3.63) is 52.6 Å². The van der Waals surface area contributed by atoms with Gasteiger partial charge in [0, 0.05) is 18.2 Å². The van der Waals surface area contributed by atoms with Gasteiger partial charge >= 0.3 is 5.69 Å². The molecule has 8 heteroatoms. The lowest BCUT2D eigenvalue weighted by Crippen LogP contribution is -2.48. The van der Waals surface area contributed by atoms with Crippen LogP contribution in [0.25, 0.3) is 11.3 Å². The molecule has 0 N–H and O–H groups in total. The quantitative estimate of drug-likeness (QED) is 0.364. The molecule has 0 spiro atoms. The maximum atomic E-state index is 13.2. The summed E-state index contributed by atoms with van der Waals surface area (Å²) in [6, 6.07) is 9.82. The van der Waals surface area contributed by atoms with Gasteiger partial charge in [0.25, 0.3) is 0 Å². The Bertz CT molecular complexity index is 1100. The fourth-order valence-corrected chi connectivity index (χ4v) is 6.24. The third-order valence-electron chi connectivity index (χ3n) is 8.34. The Balaban J connectivity index is 1.90. The van der Waals surface area contributed by atoms with Crippen molar-refractivity contribution in [2.24, 2.45) is 0 Å². The normalized spacial score (nSPS) is 21.7. The summed E-state index contributed by atoms with van der Waals surface area (Å²) >= 11 is 0. The van der Waals surface area contributed by atoms with Gasteiger partial charge in [0.1, 0.15) is 12.3 Å². The molecule has 1 aromatic carbocycles. The summed E-state index contributed by atoms with van der Waals surface area (Å²) in [6.45, 7) is 24.9. The van der Waals surface area contributed by atoms with E-state index in [1.54, 1.807) is 4.57 Å². The van der Waals surface area contributed by atoms with Gasteiger partial charge < -0.3 is 13.6 Å². The maximum Gasteiger partial charge on any atom is 0.350 e. The van der Waals surface area contributed by atoms with Gasteiger partial charge in [0.2, 0.25) is 0 Å². The molecule has 2 heterocycles. The average Bonchev–Trinajstić information content (AvgIpc) is 3.14. The summed E-state index contributed by atoms with van der Waals surface area (Å²) in [5, 5.41) is 0.175. The Morgan fingerprint density at radius 2 is 1.58 bits per heavy atom. The Morgan fingerprint density at radius 3 is 2.14 bits per heavy atom. The number of aryl methyl sites for hydroxylation is 1. The van der Waals surface area contributed by atoms with E-state index in [2.05, 4.69) is 72.7 Å². The SMILES string of the molecule is Cc1cn([C@H]2C[C@H](O[Si](C)(C)C(C)(C)C)[C@@H](CO[Si](C)(C)C(C)(C)C)O2)c(=O)nc1-c1ccccc1. The first-order valence-electron chi connectivity index (χ1n) is 13.1. The lowest BCUT2D eigenvalue weighted by atomic mass is 10.1. The number of nitrogens with zero attached hydrogens (tertiary/aromatic N) is 2. The Kier molecular flexibility index (Phi) is 8.28. The minimum Gasteiger partial charge on any atom is -0.414 e. The van der Waals surface area contributed by atoms with Crippen LogP contribution in [0.4, 0.5) is 0 Å². The summed E-state index contributed by atoms with van der Waals surface area (Å²) in [4.78, 5) is 17.6. The highest BCUT2D eigenvalue weighted by Gasteiger charge is 2.46. The second-order valence-corrected chi connectivity index (χ2v) is 22.7. The predicted octanol–water partition coefficient (Wildman–Crippen LogP) is 6.92. The molecule has 0 aliphatic carbocycles. The van der Waals surface area contributed by atoms with Crippen molar-refractivity contribution in [2.75, 3.05) is 6.61 Å². The maximum absolute atomic E-state index is 13.2. The van der Waals surface area contributed by atoms with Gasteiger partial charge in [-0.3, -0.25) is 4.57 Å². The summed E-state index contributed by atoms with van der Waals surface area (Å²) in [6.07, 6.45) is 1.67. The van der Waals surface area contributed by atoms with Crippen molar-refractivity contribution in [2.45, 2.75) is 110 Å². The molecule has 0 saturated carbocycles. The highest BCUT2D eigenvalue weighted by molar-refractivity contribution is 6.74. The second kappa shape index (κ2) is 10.3. The van der Waals surface area contributed by atoms with E-state index in [9.17, 15) is 4.79 Å². The van der Waals surface area contributed by atoms with Crippen molar-refractivity contribution in [1.29, 1.82) is 0 Å². The summed E-state index contributed by atoms with van der Waals surface area (Å²) in [5.41, 5.74) is 2.28. The van der Waals surface area contributed by atoms with Crippen LogP contribution in [0.5, 0.6) is 0 Å². The van der Waals surface area contributed by atoms with Crippen LogP contribution in [-0.4, -0.2) is 45.0 Å². The highest BCUT2D eigenvalue weighted by Crippen LogP contribution is 2.42. The van der Waals surface area contributed by atoms with Crippen LogP contribution in [0.1, 0.15) is 59.8 Å². The molecule has 0 amide bonds. The second-order valence-electron chi connectivity index (χ2n) is 13.2. The molecule has 2 aromatic rings. The number of benzene rings is 1. The van der Waals surface area contributed by atoms with Gasteiger partial charge in [-0.15, -0.1) is 0 Å². The summed E-state index contributed by atoms with van der Waals surface area (Å²) in [7, 11) is -4.03. The van der Waals surface area contributed by atoms with Crippen molar-refractivity contribution in [1.82, 2.24) is 9.55 Å². The van der Waals surface area contributed by atoms with E-state index in [1.165, 1.54) is 0 Å². The van der Waals surface area contributed by atoms with Crippen molar-refractivity contribution in [3.63, 3.8) is 0 Å². The molecule has 3 rings (SSSR count). The van der Waals surface area contributed by atoms with Gasteiger partial charge in [-0.25, -0.2) is 4.79 Å². The predicted molar refractivity (Wildman–Crippen MR) is 152 cm³/mol. The van der Waals surface area contributed by atoms with Crippen molar-refractivity contribution >= 4 is 16.6 Å². The minimum absolute atomic E-state index is 0.0717. The van der Waals surface area contributed by atoms with E-state index in [1.807, 2.05) is 43.5 Å². The third kappa shape index (κ3) is 6.27. The average molecular weight is 531 g/mol. The number of hydrogen-bond acceptors (Lipinski definition) is 5. The van der Waals surface area contributed by atoms with Gasteiger partial charge in [-0.05, 0) is 48.8 Å². The first-order chi connectivity index (χ1) is 16.4. The lowest BCUT2D eigenvalue weighted by Gasteiger charge is -2.40. The van der Waals surface area contributed by atoms with Gasteiger partial charge in [0.15, 0.2) is 16.6 Å². The van der Waals surface area contributed by atoms with Crippen molar-refractivity contribution < 1.29 is 13.6 Å². The highest BCUT2D eigenvalue weighted by atomic mass is 28.4. The largest absolute Gasteiger partial charge is 0.414 e. The molecule has 36 heavy (non-hydrogen) atoms. The number of aromatic nitrogens is 2. The van der Waals surface area contributed by atoms with Crippen LogP contribution in [0.2, 0.25) is 36.3 Å². The first kappa shape index (κ1) is 29.0. The first-order valence-corrected chi connectivity index (χ1v) is 18.9. The molecule has 200 valence electrons. The molecule has 1 aliphatic heterocycles. The molecule has 6 nitrogen and oxygen atoms in total. The monoisotopic (exact) mass is 530 g/mol. The molecular weight excluding hydrogens is 484 g/mol. The van der Waals surface area contributed by atoms with Crippen LogP contribution in [0, 0.1) is 6.92 Å². The summed E-state index contributed by atoms with van der Waals surface area (Å²) in [5.74, 6) is 0. The van der Waals surface area contributed by atoms with Gasteiger partial charge in [0.05, 0.1) is 18.4 Å². The molecule has 1 saturated heterocycles. The van der Waals surface area contributed by atoms with E-state index in [0.29, 0.717) is 18.7 Å². The van der Waals surface area contributed by atoms with Crippen LogP contribution in [0.15, 0.2) is 41.3 Å². The van der Waals surface area contributed by atoms with Crippen LogP contribution in [0.3, 0.4) is 0 Å². The number of rotatable bonds is 7. The van der Waals surface area contributed by atoms with E-state index >= 15 is 0 Å². The van der Waals surface area contributed by atoms with E-state index < -0.39 is 22.9 Å². The fraction of sp³-hybridized carbons (Fsp3) is 0.643. The summed E-state index contributed by atoms with van der Waals surface area (Å²) < 4.78 is 21.6. The fourth-order valence-electron chi connectivity index (χ4n) is 3.87. The molecule has 0 radical (unpaired) electrons. The smallest absolute Gasteiger partial charge is 0.350 e. The van der Waals surface area contributed by atoms with Crippen LogP contribution < -0.4 is 5.69 Å². The van der Waals surface area contributed by atoms with Gasteiger partial charge in [-0.2, -0.15) is 4.98 Å². The van der Waals surface area contributed by atoms with Crippen molar-refractivity contribution in [3.8, 4) is 11.3 Å². The molecule has 1 aromatic heterocycles. The zero-order valence-electron chi connectivity index (χ0n) is 24.1. The lowest BCUT2D eigenvalue weighted by molar-refractivity contribution is -0.0412. The van der Waals surface area contributed by atoms with Crippen LogP contribution >= 0.6 is 0 Å². The van der Waals surface area contributed by atoms with E-state index in [4.69, 9.17) is 13.6 Å². The Hall–Kier alpha value is -1.59. The number of hydrogen-bond donors (Lipinski definition) is 0. The van der Waals surface area contributed by atoms with E-state index in [0.717, 1.165) is 11.1 Å². The van der Waals surface area contributed by atoms with E-state index in [-0.39, 0.29) is 28.0 Å². The third-order valence-corrected chi connectivity index (χ3v) is 17.3. The molecular formula is C28H46N2O4Si2. The zero-order valence-corrected chi connectivity index (χ0v) is 26.1. The Labute approximate surface area is 219 Å².